The van der Waals surface area contributed by atoms with Crippen molar-refractivity contribution in [2.24, 2.45) is 4.99 Å². The molecule has 1 saturated heterocycles. The normalized spacial score (nSPS) is 19.4. The minimum atomic E-state index is -0.563. The van der Waals surface area contributed by atoms with Gasteiger partial charge in [-0.1, -0.05) is 13.3 Å². The number of amides is 1. The Morgan fingerprint density at radius 1 is 1.17 bits per heavy atom. The van der Waals surface area contributed by atoms with E-state index in [1.807, 2.05) is 6.07 Å². The van der Waals surface area contributed by atoms with Crippen LogP contribution in [0, 0.1) is 12.7 Å². The number of piperazine rings is 1. The van der Waals surface area contributed by atoms with Crippen LogP contribution in [-0.4, -0.2) is 49.7 Å². The number of benzene rings is 2. The monoisotopic (exact) mass is 408 g/mol. The Bertz CT molecular complexity index is 950. The summed E-state index contributed by atoms with van der Waals surface area (Å²) in [5.41, 5.74) is 4.51. The molecule has 2 aliphatic heterocycles. The minimum Gasteiger partial charge on any atom is -0.369 e. The van der Waals surface area contributed by atoms with Crippen LogP contribution in [0.5, 0.6) is 0 Å². The standard InChI is InChI=1S/C24H29FN4O/c1-3-4-9-28-10-12-29(13-11-28)23-8-6-19(14-17(23)2)26-16-21-20-15-18(25)5-7-22(20)27-24(21)30/h5-8,14-16,21H,3-4,9-13H2,1-2H3,(H,27,30). The molecule has 5 nitrogen and oxygen atoms in total. The molecule has 1 fully saturated rings. The van der Waals surface area contributed by atoms with Gasteiger partial charge in [0, 0.05) is 43.8 Å². The number of hydrogen-bond donors (Lipinski definition) is 1. The van der Waals surface area contributed by atoms with Crippen LogP contribution in [0.4, 0.5) is 21.5 Å². The van der Waals surface area contributed by atoms with Crippen molar-refractivity contribution in [2.75, 3.05) is 42.9 Å². The van der Waals surface area contributed by atoms with Gasteiger partial charge in [-0.3, -0.25) is 14.7 Å². The highest BCUT2D eigenvalue weighted by Gasteiger charge is 2.29. The van der Waals surface area contributed by atoms with Crippen molar-refractivity contribution >= 4 is 29.2 Å². The average Bonchev–Trinajstić information content (AvgIpc) is 3.05. The maximum Gasteiger partial charge on any atom is 0.237 e. The van der Waals surface area contributed by atoms with E-state index in [4.69, 9.17) is 0 Å². The zero-order chi connectivity index (χ0) is 21.1. The van der Waals surface area contributed by atoms with Crippen LogP contribution in [0.15, 0.2) is 41.4 Å². The lowest BCUT2D eigenvalue weighted by Crippen LogP contribution is -2.46. The van der Waals surface area contributed by atoms with Gasteiger partial charge in [0.1, 0.15) is 11.7 Å². The molecule has 0 aromatic heterocycles. The third-order valence-electron chi connectivity index (χ3n) is 5.98. The second kappa shape index (κ2) is 8.96. The fraction of sp³-hybridized carbons (Fsp3) is 0.417. The molecule has 30 heavy (non-hydrogen) atoms. The summed E-state index contributed by atoms with van der Waals surface area (Å²) >= 11 is 0. The molecule has 1 N–H and O–H groups in total. The van der Waals surface area contributed by atoms with Crippen molar-refractivity contribution in [1.82, 2.24) is 4.90 Å². The van der Waals surface area contributed by atoms with Crippen molar-refractivity contribution in [3.8, 4) is 0 Å². The fourth-order valence-corrected chi connectivity index (χ4v) is 4.23. The van der Waals surface area contributed by atoms with Crippen LogP contribution in [0.25, 0.3) is 0 Å². The zero-order valence-corrected chi connectivity index (χ0v) is 17.7. The van der Waals surface area contributed by atoms with Gasteiger partial charge in [0.25, 0.3) is 0 Å². The number of nitrogens with zero attached hydrogens (tertiary/aromatic N) is 3. The van der Waals surface area contributed by atoms with Gasteiger partial charge >= 0.3 is 0 Å². The van der Waals surface area contributed by atoms with Crippen molar-refractivity contribution in [3.05, 3.63) is 53.3 Å². The van der Waals surface area contributed by atoms with E-state index in [2.05, 4.69) is 46.1 Å². The summed E-state index contributed by atoms with van der Waals surface area (Å²) in [6, 6.07) is 10.5. The van der Waals surface area contributed by atoms with Crippen molar-refractivity contribution in [2.45, 2.75) is 32.6 Å². The molecule has 4 rings (SSSR count). The largest absolute Gasteiger partial charge is 0.369 e. The maximum atomic E-state index is 13.6. The van der Waals surface area contributed by atoms with E-state index in [0.717, 1.165) is 31.9 Å². The fourth-order valence-electron chi connectivity index (χ4n) is 4.23. The number of halogens is 1. The predicted molar refractivity (Wildman–Crippen MR) is 121 cm³/mol. The van der Waals surface area contributed by atoms with Crippen LogP contribution in [-0.2, 0) is 4.79 Å². The minimum absolute atomic E-state index is 0.173. The molecule has 0 radical (unpaired) electrons. The molecule has 2 aromatic rings. The van der Waals surface area contributed by atoms with Crippen molar-refractivity contribution < 1.29 is 9.18 Å². The first-order valence-corrected chi connectivity index (χ1v) is 10.8. The highest BCUT2D eigenvalue weighted by molar-refractivity contribution is 6.12. The summed E-state index contributed by atoms with van der Waals surface area (Å²) in [6.07, 6.45) is 4.12. The molecule has 0 spiro atoms. The van der Waals surface area contributed by atoms with Gasteiger partial charge in [-0.2, -0.15) is 0 Å². The molecule has 2 aliphatic rings. The number of aliphatic imine (C=N–C) groups is 1. The average molecular weight is 409 g/mol. The molecule has 0 bridgehead atoms. The number of carbonyl (C=O) groups is 1. The van der Waals surface area contributed by atoms with Crippen LogP contribution < -0.4 is 10.2 Å². The molecule has 2 aromatic carbocycles. The molecule has 1 atom stereocenters. The SMILES string of the molecule is CCCCN1CCN(c2ccc(N=CC3C(=O)Nc4ccc(F)cc43)cc2C)CC1. The molecular weight excluding hydrogens is 379 g/mol. The summed E-state index contributed by atoms with van der Waals surface area (Å²) in [4.78, 5) is 21.8. The predicted octanol–water partition coefficient (Wildman–Crippen LogP) is 4.49. The van der Waals surface area contributed by atoms with Crippen LogP contribution in [0.1, 0.15) is 36.8 Å². The Kier molecular flexibility index (Phi) is 6.13. The van der Waals surface area contributed by atoms with E-state index in [1.54, 1.807) is 12.3 Å². The molecule has 0 saturated carbocycles. The van der Waals surface area contributed by atoms with E-state index < -0.39 is 5.92 Å². The summed E-state index contributed by atoms with van der Waals surface area (Å²) < 4.78 is 13.6. The number of anilines is 2. The number of nitrogens with one attached hydrogen (secondary N) is 1. The van der Waals surface area contributed by atoms with Gasteiger partial charge < -0.3 is 10.2 Å². The number of hydrogen-bond acceptors (Lipinski definition) is 4. The Hall–Kier alpha value is -2.73. The quantitative estimate of drug-likeness (QED) is 0.716. The van der Waals surface area contributed by atoms with Gasteiger partial charge in [-0.15, -0.1) is 0 Å². The van der Waals surface area contributed by atoms with E-state index in [-0.39, 0.29) is 11.7 Å². The molecule has 158 valence electrons. The number of aryl methyl sites for hydroxylation is 1. The molecule has 2 heterocycles. The summed E-state index contributed by atoms with van der Waals surface area (Å²) in [5.74, 6) is -1.08. The first-order valence-electron chi connectivity index (χ1n) is 10.8. The van der Waals surface area contributed by atoms with Gasteiger partial charge in [0.2, 0.25) is 5.91 Å². The third-order valence-corrected chi connectivity index (χ3v) is 5.98. The summed E-state index contributed by atoms with van der Waals surface area (Å²) in [7, 11) is 0. The topological polar surface area (TPSA) is 47.9 Å². The van der Waals surface area contributed by atoms with E-state index in [9.17, 15) is 9.18 Å². The van der Waals surface area contributed by atoms with E-state index in [1.165, 1.54) is 42.8 Å². The lowest BCUT2D eigenvalue weighted by Gasteiger charge is -2.36. The van der Waals surface area contributed by atoms with E-state index in [0.29, 0.717) is 11.3 Å². The Labute approximate surface area is 177 Å². The Balaban J connectivity index is 1.43. The summed E-state index contributed by atoms with van der Waals surface area (Å²) in [5, 5.41) is 2.78. The number of unbranched alkanes of at least 4 members (excludes halogenated alkanes) is 1. The summed E-state index contributed by atoms with van der Waals surface area (Å²) in [6.45, 7) is 9.82. The Morgan fingerprint density at radius 2 is 1.97 bits per heavy atom. The smallest absolute Gasteiger partial charge is 0.237 e. The molecule has 1 amide bonds. The number of fused-ring (bicyclic) bond motifs is 1. The van der Waals surface area contributed by atoms with Gasteiger partial charge in [0.05, 0.1) is 5.69 Å². The molecule has 1 unspecified atom stereocenters. The lowest BCUT2D eigenvalue weighted by atomic mass is 10.0. The number of rotatable bonds is 6. The van der Waals surface area contributed by atoms with Crippen LogP contribution in [0.3, 0.4) is 0 Å². The van der Waals surface area contributed by atoms with E-state index >= 15 is 0 Å². The van der Waals surface area contributed by atoms with Crippen molar-refractivity contribution in [1.29, 1.82) is 0 Å². The highest BCUT2D eigenvalue weighted by atomic mass is 19.1. The number of carbonyl (C=O) groups excluding carboxylic acids is 1. The van der Waals surface area contributed by atoms with Gasteiger partial charge in [0.15, 0.2) is 0 Å². The first-order chi connectivity index (χ1) is 14.5. The van der Waals surface area contributed by atoms with Crippen molar-refractivity contribution in [3.63, 3.8) is 0 Å². The Morgan fingerprint density at radius 3 is 2.70 bits per heavy atom. The molecule has 0 aliphatic carbocycles. The molecule has 6 heteroatoms. The van der Waals surface area contributed by atoms with Gasteiger partial charge in [-0.25, -0.2) is 4.39 Å². The van der Waals surface area contributed by atoms with Gasteiger partial charge in [-0.05, 0) is 67.4 Å². The highest BCUT2D eigenvalue weighted by Crippen LogP contribution is 2.33. The van der Waals surface area contributed by atoms with Crippen LogP contribution in [0.2, 0.25) is 0 Å². The third kappa shape index (κ3) is 4.38. The molecular formula is C24H29FN4O. The first kappa shape index (κ1) is 20.5. The second-order valence-electron chi connectivity index (χ2n) is 8.13. The van der Waals surface area contributed by atoms with Crippen LogP contribution >= 0.6 is 0 Å². The maximum absolute atomic E-state index is 13.6. The lowest BCUT2D eigenvalue weighted by molar-refractivity contribution is -0.115. The zero-order valence-electron chi connectivity index (χ0n) is 17.7. The second-order valence-corrected chi connectivity index (χ2v) is 8.13.